The van der Waals surface area contributed by atoms with E-state index in [1.807, 2.05) is 0 Å². The van der Waals surface area contributed by atoms with Gasteiger partial charge in [-0.1, -0.05) is 25.0 Å². The van der Waals surface area contributed by atoms with Crippen LogP contribution in [0.1, 0.15) is 39.0 Å². The maximum Gasteiger partial charge on any atom is 0.0467 e. The van der Waals surface area contributed by atoms with E-state index in [-0.39, 0.29) is 6.04 Å². The standard InChI is InChI=1S/C12H23NO/c1-10(7-8-14-2)11-5-3-4-6-12(13)9-11/h9-10,12H,3-8,13H2,1-2H3. The van der Waals surface area contributed by atoms with Crippen molar-refractivity contribution in [3.63, 3.8) is 0 Å². The topological polar surface area (TPSA) is 35.2 Å². The van der Waals surface area contributed by atoms with Gasteiger partial charge in [0, 0.05) is 19.8 Å². The average molecular weight is 197 g/mol. The van der Waals surface area contributed by atoms with Crippen molar-refractivity contribution in [1.29, 1.82) is 0 Å². The number of rotatable bonds is 4. The number of methoxy groups -OCH3 is 1. The molecule has 0 bridgehead atoms. The van der Waals surface area contributed by atoms with Gasteiger partial charge in [-0.3, -0.25) is 0 Å². The molecule has 0 aromatic rings. The van der Waals surface area contributed by atoms with Gasteiger partial charge in [0.05, 0.1) is 0 Å². The normalized spacial score (nSPS) is 25.4. The molecule has 14 heavy (non-hydrogen) atoms. The summed E-state index contributed by atoms with van der Waals surface area (Å²) < 4.78 is 5.10. The van der Waals surface area contributed by atoms with E-state index < -0.39 is 0 Å². The summed E-state index contributed by atoms with van der Waals surface area (Å²) in [5.74, 6) is 0.638. The van der Waals surface area contributed by atoms with Crippen LogP contribution in [0.25, 0.3) is 0 Å². The molecule has 2 unspecified atom stereocenters. The molecule has 2 heteroatoms. The van der Waals surface area contributed by atoms with Gasteiger partial charge in [0.1, 0.15) is 0 Å². The van der Waals surface area contributed by atoms with E-state index in [4.69, 9.17) is 10.5 Å². The summed E-state index contributed by atoms with van der Waals surface area (Å²) in [7, 11) is 1.76. The highest BCUT2D eigenvalue weighted by atomic mass is 16.5. The molecule has 0 aromatic heterocycles. The van der Waals surface area contributed by atoms with Gasteiger partial charge in [-0.15, -0.1) is 0 Å². The quantitative estimate of drug-likeness (QED) is 0.703. The number of ether oxygens (including phenoxy) is 1. The van der Waals surface area contributed by atoms with E-state index in [9.17, 15) is 0 Å². The van der Waals surface area contributed by atoms with Gasteiger partial charge in [0.2, 0.25) is 0 Å². The highest BCUT2D eigenvalue weighted by molar-refractivity contribution is 5.11. The lowest BCUT2D eigenvalue weighted by molar-refractivity contribution is 0.184. The lowest BCUT2D eigenvalue weighted by atomic mass is 9.94. The summed E-state index contributed by atoms with van der Waals surface area (Å²) >= 11 is 0. The minimum atomic E-state index is 0.289. The predicted octanol–water partition coefficient (Wildman–Crippen LogP) is 2.49. The minimum Gasteiger partial charge on any atom is -0.385 e. The van der Waals surface area contributed by atoms with Crippen LogP contribution in [-0.2, 0) is 4.74 Å². The van der Waals surface area contributed by atoms with Crippen LogP contribution in [-0.4, -0.2) is 19.8 Å². The Morgan fingerprint density at radius 2 is 2.36 bits per heavy atom. The van der Waals surface area contributed by atoms with Crippen LogP contribution < -0.4 is 5.73 Å². The second-order valence-electron chi connectivity index (χ2n) is 4.33. The molecule has 0 heterocycles. The first-order chi connectivity index (χ1) is 6.74. The molecule has 0 radical (unpaired) electrons. The molecule has 0 aromatic carbocycles. The van der Waals surface area contributed by atoms with Crippen molar-refractivity contribution in [2.45, 2.75) is 45.1 Å². The third-order valence-electron chi connectivity index (χ3n) is 3.07. The van der Waals surface area contributed by atoms with Gasteiger partial charge in [-0.2, -0.15) is 0 Å². The van der Waals surface area contributed by atoms with Gasteiger partial charge < -0.3 is 10.5 Å². The van der Waals surface area contributed by atoms with Crippen molar-refractivity contribution in [3.05, 3.63) is 11.6 Å². The third-order valence-corrected chi connectivity index (χ3v) is 3.07. The highest BCUT2D eigenvalue weighted by Gasteiger charge is 2.13. The molecule has 0 saturated carbocycles. The second kappa shape index (κ2) is 6.20. The molecule has 1 aliphatic rings. The molecule has 1 rings (SSSR count). The van der Waals surface area contributed by atoms with E-state index in [1.54, 1.807) is 12.7 Å². The Kier molecular flexibility index (Phi) is 5.20. The summed E-state index contributed by atoms with van der Waals surface area (Å²) in [6.07, 6.45) is 8.37. The lowest BCUT2D eigenvalue weighted by Crippen LogP contribution is -2.16. The van der Waals surface area contributed by atoms with Gasteiger partial charge in [0.15, 0.2) is 0 Å². The van der Waals surface area contributed by atoms with E-state index in [0.717, 1.165) is 19.4 Å². The molecule has 82 valence electrons. The van der Waals surface area contributed by atoms with Crippen LogP contribution in [0.2, 0.25) is 0 Å². The van der Waals surface area contributed by atoms with Gasteiger partial charge in [0.25, 0.3) is 0 Å². The molecular formula is C12H23NO. The summed E-state index contributed by atoms with van der Waals surface area (Å²) in [4.78, 5) is 0. The Balaban J connectivity index is 2.46. The Morgan fingerprint density at radius 1 is 1.57 bits per heavy atom. The van der Waals surface area contributed by atoms with Crippen LogP contribution in [0.5, 0.6) is 0 Å². The van der Waals surface area contributed by atoms with Crippen LogP contribution in [0.15, 0.2) is 11.6 Å². The van der Waals surface area contributed by atoms with Crippen molar-refractivity contribution in [3.8, 4) is 0 Å². The number of hydrogen-bond acceptors (Lipinski definition) is 2. The Bertz CT molecular complexity index is 189. The first-order valence-electron chi connectivity index (χ1n) is 5.69. The fourth-order valence-corrected chi connectivity index (χ4v) is 2.04. The van der Waals surface area contributed by atoms with E-state index in [0.29, 0.717) is 5.92 Å². The average Bonchev–Trinajstić information content (AvgIpc) is 2.39. The van der Waals surface area contributed by atoms with Crippen molar-refractivity contribution in [1.82, 2.24) is 0 Å². The second-order valence-corrected chi connectivity index (χ2v) is 4.33. The molecule has 0 saturated heterocycles. The number of hydrogen-bond donors (Lipinski definition) is 1. The molecule has 0 amide bonds. The zero-order valence-electron chi connectivity index (χ0n) is 9.46. The molecule has 0 aliphatic heterocycles. The highest BCUT2D eigenvalue weighted by Crippen LogP contribution is 2.25. The third kappa shape index (κ3) is 3.81. The van der Waals surface area contributed by atoms with E-state index in [1.165, 1.54) is 19.3 Å². The SMILES string of the molecule is COCCC(C)C1=CC(N)CCCC1. The number of nitrogens with two attached hydrogens (primary N) is 1. The Hall–Kier alpha value is -0.340. The number of allylic oxidation sites excluding steroid dienone is 1. The fourth-order valence-electron chi connectivity index (χ4n) is 2.04. The molecule has 2 nitrogen and oxygen atoms in total. The van der Waals surface area contributed by atoms with Crippen LogP contribution >= 0.6 is 0 Å². The van der Waals surface area contributed by atoms with Gasteiger partial charge in [-0.05, 0) is 31.6 Å². The van der Waals surface area contributed by atoms with E-state index >= 15 is 0 Å². The fraction of sp³-hybridized carbons (Fsp3) is 0.833. The van der Waals surface area contributed by atoms with Gasteiger partial charge >= 0.3 is 0 Å². The maximum absolute atomic E-state index is 5.98. The Labute approximate surface area is 87.5 Å². The van der Waals surface area contributed by atoms with Crippen molar-refractivity contribution in [2.75, 3.05) is 13.7 Å². The molecule has 1 aliphatic carbocycles. The van der Waals surface area contributed by atoms with Crippen LogP contribution in [0, 0.1) is 5.92 Å². The predicted molar refractivity (Wildman–Crippen MR) is 60.2 cm³/mol. The molecule has 2 atom stereocenters. The molecule has 0 fully saturated rings. The van der Waals surface area contributed by atoms with E-state index in [2.05, 4.69) is 13.0 Å². The summed E-state index contributed by atoms with van der Waals surface area (Å²) in [6, 6.07) is 0.289. The van der Waals surface area contributed by atoms with Crippen LogP contribution in [0.4, 0.5) is 0 Å². The summed E-state index contributed by atoms with van der Waals surface area (Å²) in [5.41, 5.74) is 7.53. The summed E-state index contributed by atoms with van der Waals surface area (Å²) in [6.45, 7) is 3.14. The first-order valence-corrected chi connectivity index (χ1v) is 5.69. The smallest absolute Gasteiger partial charge is 0.0467 e. The van der Waals surface area contributed by atoms with Gasteiger partial charge in [-0.25, -0.2) is 0 Å². The first kappa shape index (κ1) is 11.7. The molecule has 0 spiro atoms. The molecular weight excluding hydrogens is 174 g/mol. The van der Waals surface area contributed by atoms with Crippen molar-refractivity contribution in [2.24, 2.45) is 11.7 Å². The summed E-state index contributed by atoms with van der Waals surface area (Å²) in [5, 5.41) is 0. The molecule has 2 N–H and O–H groups in total. The maximum atomic E-state index is 5.98. The zero-order chi connectivity index (χ0) is 10.4. The Morgan fingerprint density at radius 3 is 3.07 bits per heavy atom. The van der Waals surface area contributed by atoms with Crippen molar-refractivity contribution < 1.29 is 4.74 Å². The monoisotopic (exact) mass is 197 g/mol. The van der Waals surface area contributed by atoms with Crippen molar-refractivity contribution >= 4 is 0 Å². The zero-order valence-corrected chi connectivity index (χ0v) is 9.46. The van der Waals surface area contributed by atoms with Crippen LogP contribution in [0.3, 0.4) is 0 Å². The largest absolute Gasteiger partial charge is 0.385 e. The lowest BCUT2D eigenvalue weighted by Gasteiger charge is -2.15. The minimum absolute atomic E-state index is 0.289.